The summed E-state index contributed by atoms with van der Waals surface area (Å²) in [5.41, 5.74) is 0. The molecule has 0 radical (unpaired) electrons. The van der Waals surface area contributed by atoms with Gasteiger partial charge in [-0.1, -0.05) is 0 Å². The molecular formula is C8H15F2NO4. The summed E-state index contributed by atoms with van der Waals surface area (Å²) in [6.07, 6.45) is -2.63. The Morgan fingerprint density at radius 1 is 1.33 bits per heavy atom. The lowest BCUT2D eigenvalue weighted by atomic mass is 10.3. The molecule has 0 saturated carbocycles. The standard InChI is InChI=1S/C8H15F2NO4/c9-7(10)5-15-2-1-8(14)11-6(3-12)4-13/h6-7,12-13H,1-5H2,(H,11,14). The van der Waals surface area contributed by atoms with Gasteiger partial charge >= 0.3 is 0 Å². The van der Waals surface area contributed by atoms with Crippen LogP contribution in [-0.4, -0.2) is 55.0 Å². The lowest BCUT2D eigenvalue weighted by Crippen LogP contribution is -2.40. The Bertz CT molecular complexity index is 176. The summed E-state index contributed by atoms with van der Waals surface area (Å²) in [7, 11) is 0. The number of aliphatic hydroxyl groups excluding tert-OH is 2. The van der Waals surface area contributed by atoms with E-state index in [9.17, 15) is 13.6 Å². The third-order valence-electron chi connectivity index (χ3n) is 1.52. The molecule has 5 nitrogen and oxygen atoms in total. The second-order valence-electron chi connectivity index (χ2n) is 2.85. The van der Waals surface area contributed by atoms with E-state index in [-0.39, 0.29) is 26.2 Å². The second-order valence-corrected chi connectivity index (χ2v) is 2.85. The Morgan fingerprint density at radius 3 is 2.40 bits per heavy atom. The van der Waals surface area contributed by atoms with Crippen LogP contribution in [0.15, 0.2) is 0 Å². The predicted molar refractivity (Wildman–Crippen MR) is 47.5 cm³/mol. The average molecular weight is 227 g/mol. The molecular weight excluding hydrogens is 212 g/mol. The van der Waals surface area contributed by atoms with Gasteiger partial charge in [-0.25, -0.2) is 8.78 Å². The third kappa shape index (κ3) is 8.22. The van der Waals surface area contributed by atoms with Crippen molar-refractivity contribution in [2.45, 2.75) is 18.9 Å². The van der Waals surface area contributed by atoms with E-state index in [1.54, 1.807) is 0 Å². The van der Waals surface area contributed by atoms with Gasteiger partial charge in [0.05, 0.1) is 25.9 Å². The van der Waals surface area contributed by atoms with Gasteiger partial charge in [-0.2, -0.15) is 0 Å². The van der Waals surface area contributed by atoms with Crippen molar-refractivity contribution >= 4 is 5.91 Å². The monoisotopic (exact) mass is 227 g/mol. The maximum atomic E-state index is 11.6. The Labute approximate surface area is 86.0 Å². The van der Waals surface area contributed by atoms with Crippen LogP contribution in [0, 0.1) is 0 Å². The van der Waals surface area contributed by atoms with Crippen LogP contribution in [0.2, 0.25) is 0 Å². The van der Waals surface area contributed by atoms with Gasteiger partial charge in [0, 0.05) is 6.42 Å². The van der Waals surface area contributed by atoms with Crippen molar-refractivity contribution in [2.75, 3.05) is 26.4 Å². The number of hydrogen-bond donors (Lipinski definition) is 3. The number of ether oxygens (including phenoxy) is 1. The van der Waals surface area contributed by atoms with Gasteiger partial charge in [0.1, 0.15) is 6.61 Å². The van der Waals surface area contributed by atoms with Crippen LogP contribution in [-0.2, 0) is 9.53 Å². The molecule has 0 aliphatic heterocycles. The van der Waals surface area contributed by atoms with Crippen LogP contribution >= 0.6 is 0 Å². The number of amides is 1. The van der Waals surface area contributed by atoms with Crippen molar-refractivity contribution in [3.63, 3.8) is 0 Å². The lowest BCUT2D eigenvalue weighted by Gasteiger charge is -2.13. The smallest absolute Gasteiger partial charge is 0.261 e. The van der Waals surface area contributed by atoms with E-state index in [1.165, 1.54) is 0 Å². The van der Waals surface area contributed by atoms with Gasteiger partial charge in [0.15, 0.2) is 0 Å². The van der Waals surface area contributed by atoms with Crippen molar-refractivity contribution in [3.05, 3.63) is 0 Å². The number of nitrogens with one attached hydrogen (secondary N) is 1. The van der Waals surface area contributed by atoms with E-state index < -0.39 is 25.0 Å². The molecule has 0 heterocycles. The van der Waals surface area contributed by atoms with E-state index in [0.717, 1.165) is 0 Å². The van der Waals surface area contributed by atoms with Crippen molar-refractivity contribution in [3.8, 4) is 0 Å². The highest BCUT2D eigenvalue weighted by Gasteiger charge is 2.10. The highest BCUT2D eigenvalue weighted by Crippen LogP contribution is 1.93. The number of halogens is 2. The summed E-state index contributed by atoms with van der Waals surface area (Å²) in [4.78, 5) is 11.0. The molecule has 0 aromatic rings. The normalized spacial score (nSPS) is 11.1. The molecule has 0 aliphatic rings. The highest BCUT2D eigenvalue weighted by molar-refractivity contribution is 5.76. The average Bonchev–Trinajstić information content (AvgIpc) is 2.20. The molecule has 0 bridgehead atoms. The van der Waals surface area contributed by atoms with Crippen LogP contribution in [0.3, 0.4) is 0 Å². The maximum absolute atomic E-state index is 11.6. The molecule has 0 aromatic heterocycles. The first kappa shape index (κ1) is 14.2. The topological polar surface area (TPSA) is 78.8 Å². The minimum Gasteiger partial charge on any atom is -0.394 e. The zero-order valence-corrected chi connectivity index (χ0v) is 8.16. The largest absolute Gasteiger partial charge is 0.394 e. The summed E-state index contributed by atoms with van der Waals surface area (Å²) in [5, 5.41) is 19.5. The predicted octanol–water partition coefficient (Wildman–Crippen LogP) is -0.872. The second kappa shape index (κ2) is 8.51. The molecule has 7 heteroatoms. The molecule has 90 valence electrons. The Morgan fingerprint density at radius 2 is 1.93 bits per heavy atom. The number of aliphatic hydroxyl groups is 2. The van der Waals surface area contributed by atoms with E-state index in [0.29, 0.717) is 0 Å². The number of rotatable bonds is 8. The Balaban J connectivity index is 3.48. The highest BCUT2D eigenvalue weighted by atomic mass is 19.3. The molecule has 0 unspecified atom stereocenters. The summed E-state index contributed by atoms with van der Waals surface area (Å²) in [6.45, 7) is -1.56. The van der Waals surface area contributed by atoms with E-state index in [2.05, 4.69) is 10.1 Å². The van der Waals surface area contributed by atoms with Gasteiger partial charge < -0.3 is 20.3 Å². The first-order valence-corrected chi connectivity index (χ1v) is 4.47. The minimum atomic E-state index is -2.55. The fraction of sp³-hybridized carbons (Fsp3) is 0.875. The molecule has 15 heavy (non-hydrogen) atoms. The Hall–Kier alpha value is -0.790. The van der Waals surface area contributed by atoms with E-state index in [4.69, 9.17) is 10.2 Å². The zero-order valence-electron chi connectivity index (χ0n) is 8.16. The van der Waals surface area contributed by atoms with Crippen molar-refractivity contribution in [1.29, 1.82) is 0 Å². The van der Waals surface area contributed by atoms with Gasteiger partial charge in [-0.15, -0.1) is 0 Å². The fourth-order valence-electron chi connectivity index (χ4n) is 0.786. The van der Waals surface area contributed by atoms with E-state index >= 15 is 0 Å². The van der Waals surface area contributed by atoms with Gasteiger partial charge in [0.25, 0.3) is 6.43 Å². The van der Waals surface area contributed by atoms with Crippen LogP contribution in [0.4, 0.5) is 8.78 Å². The fourth-order valence-corrected chi connectivity index (χ4v) is 0.786. The van der Waals surface area contributed by atoms with Crippen LogP contribution in [0.5, 0.6) is 0 Å². The summed E-state index contributed by atoms with van der Waals surface area (Å²) in [6, 6.07) is -0.715. The molecule has 0 aromatic carbocycles. The van der Waals surface area contributed by atoms with Crippen LogP contribution in [0.25, 0.3) is 0 Å². The number of carbonyl (C=O) groups is 1. The third-order valence-corrected chi connectivity index (χ3v) is 1.52. The van der Waals surface area contributed by atoms with Crippen LogP contribution in [0.1, 0.15) is 6.42 Å². The SMILES string of the molecule is O=C(CCOCC(F)F)NC(CO)CO. The quantitative estimate of drug-likeness (QED) is 0.471. The van der Waals surface area contributed by atoms with E-state index in [1.807, 2.05) is 0 Å². The zero-order chi connectivity index (χ0) is 11.7. The number of alkyl halides is 2. The van der Waals surface area contributed by atoms with Crippen molar-refractivity contribution in [1.82, 2.24) is 5.32 Å². The molecule has 3 N–H and O–H groups in total. The van der Waals surface area contributed by atoms with Crippen molar-refractivity contribution < 1.29 is 28.5 Å². The number of hydrogen-bond acceptors (Lipinski definition) is 4. The lowest BCUT2D eigenvalue weighted by molar-refractivity contribution is -0.124. The van der Waals surface area contributed by atoms with Crippen molar-refractivity contribution in [2.24, 2.45) is 0 Å². The molecule has 0 atom stereocenters. The molecule has 0 rings (SSSR count). The minimum absolute atomic E-state index is 0.0801. The summed E-state index contributed by atoms with van der Waals surface area (Å²) >= 11 is 0. The van der Waals surface area contributed by atoms with Gasteiger partial charge in [-0.05, 0) is 0 Å². The van der Waals surface area contributed by atoms with Crippen LogP contribution < -0.4 is 5.32 Å². The molecule has 1 amide bonds. The summed E-state index contributed by atoms with van der Waals surface area (Å²) < 4.78 is 27.7. The summed E-state index contributed by atoms with van der Waals surface area (Å²) in [5.74, 6) is -0.461. The molecule has 0 saturated heterocycles. The molecule has 0 fully saturated rings. The molecule has 0 spiro atoms. The molecule has 0 aliphatic carbocycles. The van der Waals surface area contributed by atoms with Gasteiger partial charge in [0.2, 0.25) is 5.91 Å². The first-order chi connectivity index (χ1) is 7.10. The number of carbonyl (C=O) groups excluding carboxylic acids is 1. The first-order valence-electron chi connectivity index (χ1n) is 4.47. The maximum Gasteiger partial charge on any atom is 0.261 e. The Kier molecular flexibility index (Phi) is 8.06. The van der Waals surface area contributed by atoms with Gasteiger partial charge in [-0.3, -0.25) is 4.79 Å².